The van der Waals surface area contributed by atoms with E-state index in [1.54, 1.807) is 19.1 Å². The first-order chi connectivity index (χ1) is 13.1. The van der Waals surface area contributed by atoms with E-state index in [2.05, 4.69) is 0 Å². The van der Waals surface area contributed by atoms with Crippen LogP contribution in [0.2, 0.25) is 0 Å². The van der Waals surface area contributed by atoms with Crippen LogP contribution in [0.15, 0.2) is 42.5 Å². The Labute approximate surface area is 159 Å². The monoisotopic (exact) mass is 368 g/mol. The molecule has 1 heterocycles. The molecule has 0 aromatic heterocycles. The van der Waals surface area contributed by atoms with E-state index in [1.807, 2.05) is 49.4 Å². The second kappa shape index (κ2) is 8.12. The van der Waals surface area contributed by atoms with Crippen LogP contribution >= 0.6 is 0 Å². The lowest BCUT2D eigenvalue weighted by atomic mass is 9.98. The number of amides is 2. The molecule has 142 valence electrons. The zero-order valence-corrected chi connectivity index (χ0v) is 15.9. The Hall–Kier alpha value is -3.02. The van der Waals surface area contributed by atoms with Gasteiger partial charge in [-0.2, -0.15) is 0 Å². The summed E-state index contributed by atoms with van der Waals surface area (Å²) in [6.07, 6.45) is 0.673. The number of hydrogen-bond donors (Lipinski definition) is 0. The summed E-state index contributed by atoms with van der Waals surface area (Å²) in [6, 6.07) is 13.1. The fourth-order valence-corrected chi connectivity index (χ4v) is 3.36. The zero-order valence-electron chi connectivity index (χ0n) is 15.9. The van der Waals surface area contributed by atoms with Gasteiger partial charge in [0.1, 0.15) is 0 Å². The van der Waals surface area contributed by atoms with E-state index in [0.29, 0.717) is 37.6 Å². The Balaban J connectivity index is 1.80. The number of benzene rings is 2. The highest BCUT2D eigenvalue weighted by molar-refractivity contribution is 6.40. The molecular weight excluding hydrogens is 344 g/mol. The summed E-state index contributed by atoms with van der Waals surface area (Å²) in [5, 5.41) is 0. The first kappa shape index (κ1) is 18.8. The zero-order chi connectivity index (χ0) is 19.4. The third-order valence-electron chi connectivity index (χ3n) is 4.82. The van der Waals surface area contributed by atoms with E-state index in [1.165, 1.54) is 4.90 Å². The maximum absolute atomic E-state index is 12.8. The maximum atomic E-state index is 12.8. The highest BCUT2D eigenvalue weighted by atomic mass is 16.5. The summed E-state index contributed by atoms with van der Waals surface area (Å²) >= 11 is 0. The molecule has 2 aromatic carbocycles. The van der Waals surface area contributed by atoms with Crippen LogP contribution in [0.5, 0.6) is 11.5 Å². The number of fused-ring (bicyclic) bond motifs is 1. The van der Waals surface area contributed by atoms with Gasteiger partial charge in [0.05, 0.1) is 14.2 Å². The fourth-order valence-electron chi connectivity index (χ4n) is 3.36. The van der Waals surface area contributed by atoms with Gasteiger partial charge in [0.2, 0.25) is 0 Å². The average Bonchev–Trinajstić information content (AvgIpc) is 2.72. The molecule has 1 aliphatic rings. The van der Waals surface area contributed by atoms with E-state index in [-0.39, 0.29) is 0 Å². The third kappa shape index (κ3) is 3.74. The highest BCUT2D eigenvalue weighted by Gasteiger charge is 2.30. The van der Waals surface area contributed by atoms with Crippen molar-refractivity contribution in [2.75, 3.05) is 32.2 Å². The lowest BCUT2D eigenvalue weighted by molar-refractivity contribution is -0.145. The molecule has 0 spiro atoms. The predicted molar refractivity (Wildman–Crippen MR) is 103 cm³/mol. The van der Waals surface area contributed by atoms with Crippen LogP contribution in [-0.2, 0) is 22.6 Å². The normalized spacial score (nSPS) is 12.9. The van der Waals surface area contributed by atoms with Crippen molar-refractivity contribution in [3.63, 3.8) is 0 Å². The van der Waals surface area contributed by atoms with E-state index in [0.717, 1.165) is 16.8 Å². The smallest absolute Gasteiger partial charge is 0.316 e. The number of rotatable bonds is 4. The Kier molecular flexibility index (Phi) is 5.64. The van der Waals surface area contributed by atoms with Crippen LogP contribution in [0.25, 0.3) is 0 Å². The minimum absolute atomic E-state index is 0.382. The SMILES string of the molecule is CCN(C(=O)C(=O)N1CCc2cc(OC)c(OC)cc2C1)c1ccccc1. The van der Waals surface area contributed by atoms with E-state index in [9.17, 15) is 9.59 Å². The van der Waals surface area contributed by atoms with Crippen LogP contribution in [0.4, 0.5) is 5.69 Å². The quantitative estimate of drug-likeness (QED) is 0.779. The molecular formula is C21H24N2O4. The van der Waals surface area contributed by atoms with Gasteiger partial charge in [-0.15, -0.1) is 0 Å². The fraction of sp³-hybridized carbons (Fsp3) is 0.333. The topological polar surface area (TPSA) is 59.1 Å². The number of methoxy groups -OCH3 is 2. The van der Waals surface area contributed by atoms with Crippen molar-refractivity contribution >= 4 is 17.5 Å². The summed E-state index contributed by atoms with van der Waals surface area (Å²) in [4.78, 5) is 28.7. The number of hydrogen-bond acceptors (Lipinski definition) is 4. The van der Waals surface area contributed by atoms with Crippen molar-refractivity contribution < 1.29 is 19.1 Å². The predicted octanol–water partition coefficient (Wildman–Crippen LogP) is 2.64. The molecule has 27 heavy (non-hydrogen) atoms. The molecule has 0 fully saturated rings. The van der Waals surface area contributed by atoms with Crippen LogP contribution in [0, 0.1) is 0 Å². The second-order valence-corrected chi connectivity index (χ2v) is 6.34. The molecule has 0 bridgehead atoms. The minimum Gasteiger partial charge on any atom is -0.493 e. The molecule has 0 atom stereocenters. The van der Waals surface area contributed by atoms with Crippen molar-refractivity contribution in [1.82, 2.24) is 4.90 Å². The molecule has 2 aromatic rings. The molecule has 0 radical (unpaired) electrons. The van der Waals surface area contributed by atoms with E-state index in [4.69, 9.17) is 9.47 Å². The van der Waals surface area contributed by atoms with Gasteiger partial charge in [-0.25, -0.2) is 0 Å². The summed E-state index contributed by atoms with van der Waals surface area (Å²) in [5.41, 5.74) is 2.81. The molecule has 6 heteroatoms. The number of carbonyl (C=O) groups is 2. The van der Waals surface area contributed by atoms with Gasteiger partial charge in [0.15, 0.2) is 11.5 Å². The van der Waals surface area contributed by atoms with E-state index < -0.39 is 11.8 Å². The van der Waals surface area contributed by atoms with Crippen molar-refractivity contribution in [3.05, 3.63) is 53.6 Å². The largest absolute Gasteiger partial charge is 0.493 e. The number of likely N-dealkylation sites (N-methyl/N-ethyl adjacent to an activating group) is 1. The Morgan fingerprint density at radius 1 is 1.04 bits per heavy atom. The van der Waals surface area contributed by atoms with Gasteiger partial charge in [-0.1, -0.05) is 18.2 Å². The van der Waals surface area contributed by atoms with Crippen LogP contribution in [0.3, 0.4) is 0 Å². The molecule has 0 N–H and O–H groups in total. The van der Waals surface area contributed by atoms with Crippen molar-refractivity contribution in [2.45, 2.75) is 19.9 Å². The lowest BCUT2D eigenvalue weighted by Gasteiger charge is -2.31. The molecule has 0 unspecified atom stereocenters. The number of para-hydroxylation sites is 1. The van der Waals surface area contributed by atoms with Crippen LogP contribution in [-0.4, -0.2) is 44.0 Å². The first-order valence-corrected chi connectivity index (χ1v) is 8.98. The Morgan fingerprint density at radius 3 is 2.26 bits per heavy atom. The molecule has 1 aliphatic heterocycles. The molecule has 6 nitrogen and oxygen atoms in total. The van der Waals surface area contributed by atoms with Gasteiger partial charge in [-0.3, -0.25) is 9.59 Å². The molecule has 3 rings (SSSR count). The first-order valence-electron chi connectivity index (χ1n) is 8.98. The number of nitrogens with zero attached hydrogens (tertiary/aromatic N) is 2. The number of carbonyl (C=O) groups excluding carboxylic acids is 2. The van der Waals surface area contributed by atoms with Crippen molar-refractivity contribution in [3.8, 4) is 11.5 Å². The van der Waals surface area contributed by atoms with Gasteiger partial charge in [0.25, 0.3) is 0 Å². The summed E-state index contributed by atoms with van der Waals surface area (Å²) < 4.78 is 10.7. The Morgan fingerprint density at radius 2 is 1.67 bits per heavy atom. The average molecular weight is 368 g/mol. The Bertz CT molecular complexity index is 836. The van der Waals surface area contributed by atoms with Gasteiger partial charge in [0, 0.05) is 25.3 Å². The summed E-state index contributed by atoms with van der Waals surface area (Å²) in [6.45, 7) is 3.18. The standard InChI is InChI=1S/C21H24N2O4/c1-4-23(17-8-6-5-7-9-17)21(25)20(24)22-11-10-15-12-18(26-2)19(27-3)13-16(15)14-22/h5-9,12-13H,4,10-11,14H2,1-3H3. The second-order valence-electron chi connectivity index (χ2n) is 6.34. The molecule has 0 saturated carbocycles. The van der Waals surface area contributed by atoms with E-state index >= 15 is 0 Å². The van der Waals surface area contributed by atoms with Crippen molar-refractivity contribution in [2.24, 2.45) is 0 Å². The van der Waals surface area contributed by atoms with Gasteiger partial charge >= 0.3 is 11.8 Å². The minimum atomic E-state index is -0.507. The number of ether oxygens (including phenoxy) is 2. The lowest BCUT2D eigenvalue weighted by Crippen LogP contribution is -2.47. The summed E-state index contributed by atoms with van der Waals surface area (Å²) in [7, 11) is 3.18. The molecule has 2 amide bonds. The number of anilines is 1. The molecule has 0 saturated heterocycles. The van der Waals surface area contributed by atoms with Crippen LogP contribution < -0.4 is 14.4 Å². The maximum Gasteiger partial charge on any atom is 0.316 e. The summed E-state index contributed by atoms with van der Waals surface area (Å²) in [5.74, 6) is 0.304. The van der Waals surface area contributed by atoms with Crippen molar-refractivity contribution in [1.29, 1.82) is 0 Å². The third-order valence-corrected chi connectivity index (χ3v) is 4.82. The highest BCUT2D eigenvalue weighted by Crippen LogP contribution is 2.33. The van der Waals surface area contributed by atoms with Gasteiger partial charge in [-0.05, 0) is 48.7 Å². The van der Waals surface area contributed by atoms with Crippen LogP contribution in [0.1, 0.15) is 18.1 Å². The molecule has 0 aliphatic carbocycles. The van der Waals surface area contributed by atoms with Gasteiger partial charge < -0.3 is 19.3 Å².